The molecular weight excluding hydrogens is 556 g/mol. The van der Waals surface area contributed by atoms with Crippen molar-refractivity contribution in [2.75, 3.05) is 33.9 Å². The molecule has 2 heterocycles. The molecule has 222 valence electrons. The molecule has 2 atom stereocenters. The number of amidine groups is 1. The number of methoxy groups -OCH3 is 2. The van der Waals surface area contributed by atoms with Crippen molar-refractivity contribution in [1.29, 1.82) is 0 Å². The Morgan fingerprint density at radius 2 is 1.93 bits per heavy atom. The van der Waals surface area contributed by atoms with Crippen LogP contribution < -0.4 is 14.8 Å². The van der Waals surface area contributed by atoms with E-state index in [4.69, 9.17) is 30.8 Å². The van der Waals surface area contributed by atoms with Crippen molar-refractivity contribution in [3.63, 3.8) is 0 Å². The minimum absolute atomic E-state index is 0.0550. The molecule has 2 aliphatic rings. The summed E-state index contributed by atoms with van der Waals surface area (Å²) in [7, 11) is 3.19. The number of urea groups is 1. The second kappa shape index (κ2) is 13.6. The van der Waals surface area contributed by atoms with E-state index in [0.29, 0.717) is 46.6 Å². The monoisotopic (exact) mass is 592 g/mol. The van der Waals surface area contributed by atoms with Crippen LogP contribution >= 0.6 is 11.6 Å². The fourth-order valence-corrected chi connectivity index (χ4v) is 4.94. The minimum atomic E-state index is -0.576. The van der Waals surface area contributed by atoms with E-state index in [1.165, 1.54) is 4.90 Å². The highest BCUT2D eigenvalue weighted by Gasteiger charge is 2.45. The number of benzene rings is 2. The fourth-order valence-electron chi connectivity index (χ4n) is 4.82. The van der Waals surface area contributed by atoms with Crippen LogP contribution in [0.4, 0.5) is 4.79 Å². The average Bonchev–Trinajstić information content (AvgIpc) is 3.37. The van der Waals surface area contributed by atoms with E-state index in [1.54, 1.807) is 43.4 Å². The number of hydrogen-bond acceptors (Lipinski definition) is 6. The van der Waals surface area contributed by atoms with Crippen LogP contribution in [0.15, 0.2) is 83.6 Å². The summed E-state index contributed by atoms with van der Waals surface area (Å²) >= 11 is 6.25. The number of nitrogens with zero attached hydrogens (tertiary/aromatic N) is 3. The number of carbonyl (C=O) groups is 2. The number of nitrogens with one attached hydrogen (secondary N) is 1. The summed E-state index contributed by atoms with van der Waals surface area (Å²) in [5.41, 5.74) is 2.11. The van der Waals surface area contributed by atoms with Crippen LogP contribution in [-0.2, 0) is 9.53 Å². The molecule has 3 amide bonds. The summed E-state index contributed by atoms with van der Waals surface area (Å²) in [6.45, 7) is 10.7. The molecule has 9 nitrogen and oxygen atoms in total. The highest BCUT2D eigenvalue weighted by Crippen LogP contribution is 2.41. The van der Waals surface area contributed by atoms with Gasteiger partial charge in [0.05, 0.1) is 37.7 Å². The van der Waals surface area contributed by atoms with Gasteiger partial charge in [0, 0.05) is 24.2 Å². The maximum Gasteiger partial charge on any atom is 0.326 e. The van der Waals surface area contributed by atoms with E-state index >= 15 is 0 Å². The molecule has 0 unspecified atom stereocenters. The van der Waals surface area contributed by atoms with Gasteiger partial charge in [0.1, 0.15) is 29.9 Å². The zero-order valence-electron chi connectivity index (χ0n) is 24.6. The fraction of sp³-hybridized carbons (Fsp3) is 0.344. The van der Waals surface area contributed by atoms with Gasteiger partial charge >= 0.3 is 6.03 Å². The van der Waals surface area contributed by atoms with Crippen LogP contribution in [0, 0.1) is 0 Å². The minimum Gasteiger partial charge on any atom is -0.501 e. The highest BCUT2D eigenvalue weighted by molar-refractivity contribution is 6.30. The number of piperazine rings is 1. The first-order chi connectivity index (χ1) is 20.1. The van der Waals surface area contributed by atoms with E-state index in [9.17, 15) is 9.59 Å². The van der Waals surface area contributed by atoms with Gasteiger partial charge in [0.15, 0.2) is 0 Å². The number of halogens is 1. The Bertz CT molecular complexity index is 1420. The molecule has 0 aliphatic carbocycles. The Morgan fingerprint density at radius 1 is 1.19 bits per heavy atom. The lowest BCUT2D eigenvalue weighted by Crippen LogP contribution is -2.55. The lowest BCUT2D eigenvalue weighted by molar-refractivity contribution is -0.123. The zero-order chi connectivity index (χ0) is 30.4. The number of hydrogen-bond donors (Lipinski definition) is 1. The van der Waals surface area contributed by atoms with Crippen molar-refractivity contribution >= 4 is 29.4 Å². The van der Waals surface area contributed by atoms with Crippen LogP contribution in [0.1, 0.15) is 37.9 Å². The molecule has 2 aliphatic heterocycles. The molecule has 2 aromatic carbocycles. The van der Waals surface area contributed by atoms with Crippen LogP contribution in [-0.4, -0.2) is 73.6 Å². The maximum atomic E-state index is 14.4. The molecule has 1 N–H and O–H groups in total. The van der Waals surface area contributed by atoms with Gasteiger partial charge in [-0.3, -0.25) is 14.7 Å². The summed E-state index contributed by atoms with van der Waals surface area (Å²) in [4.78, 5) is 35.0. The van der Waals surface area contributed by atoms with Gasteiger partial charge in [-0.2, -0.15) is 0 Å². The topological polar surface area (TPSA) is 92.7 Å². The van der Waals surface area contributed by atoms with E-state index in [1.807, 2.05) is 57.2 Å². The Labute approximate surface area is 252 Å². The van der Waals surface area contributed by atoms with E-state index in [0.717, 1.165) is 11.3 Å². The van der Waals surface area contributed by atoms with E-state index in [2.05, 4.69) is 11.9 Å². The highest BCUT2D eigenvalue weighted by atomic mass is 35.5. The Balaban J connectivity index is 1.90. The average molecular weight is 593 g/mol. The molecule has 0 spiro atoms. The van der Waals surface area contributed by atoms with Gasteiger partial charge in [-0.05, 0) is 62.2 Å². The Kier molecular flexibility index (Phi) is 9.96. The lowest BCUT2D eigenvalue weighted by Gasteiger charge is -2.36. The van der Waals surface area contributed by atoms with Crippen LogP contribution in [0.3, 0.4) is 0 Å². The number of carbonyl (C=O) groups excluding carboxylic acids is 2. The van der Waals surface area contributed by atoms with Gasteiger partial charge in [-0.15, -0.1) is 0 Å². The zero-order valence-corrected chi connectivity index (χ0v) is 25.4. The van der Waals surface area contributed by atoms with Crippen molar-refractivity contribution in [2.24, 2.45) is 4.99 Å². The molecule has 0 radical (unpaired) electrons. The molecule has 10 heteroatoms. The third kappa shape index (κ3) is 6.97. The summed E-state index contributed by atoms with van der Waals surface area (Å²) in [6.07, 6.45) is 5.38. The maximum absolute atomic E-state index is 14.4. The molecule has 4 rings (SSSR count). The van der Waals surface area contributed by atoms with Crippen molar-refractivity contribution in [3.8, 4) is 11.5 Å². The third-order valence-electron chi connectivity index (χ3n) is 6.93. The number of aliphatic imine (C=N–C) groups is 1. The normalized spacial score (nSPS) is 19.2. The molecule has 1 saturated heterocycles. The largest absolute Gasteiger partial charge is 0.501 e. The van der Waals surface area contributed by atoms with Crippen LogP contribution in [0.25, 0.3) is 0 Å². The van der Waals surface area contributed by atoms with Gasteiger partial charge in [0.2, 0.25) is 5.91 Å². The van der Waals surface area contributed by atoms with Gasteiger partial charge in [0.25, 0.3) is 0 Å². The molecular formula is C32H37ClN4O5. The molecule has 1 fully saturated rings. The van der Waals surface area contributed by atoms with Crippen molar-refractivity contribution in [3.05, 3.63) is 94.8 Å². The standard InChI is InChI=1S/C32H37ClN4O5/c1-20(2)42-27-18-25(41-6)14-15-26(27)31-35-29(21(3)8-7-9-22(4)40-5)30(23-10-12-24(33)13-11-23)37(31)32(39)36-17-16-34-28(38)19-36/h7-15,18,20,29-30H,3,16-17,19H2,1-2,4-6H3,(H,34,38)/b8-7-,22-9+/t29-,30+/m0/s1. The van der Waals surface area contributed by atoms with Gasteiger partial charge in [-0.1, -0.05) is 42.5 Å². The predicted octanol–water partition coefficient (Wildman–Crippen LogP) is 5.52. The van der Waals surface area contributed by atoms with Crippen molar-refractivity contribution in [1.82, 2.24) is 15.1 Å². The Morgan fingerprint density at radius 3 is 2.57 bits per heavy atom. The number of amides is 3. The quantitative estimate of drug-likeness (QED) is 0.306. The number of allylic oxidation sites excluding steroid dienone is 3. The summed E-state index contributed by atoms with van der Waals surface area (Å²) in [5.74, 6) is 2.06. The molecule has 0 aromatic heterocycles. The summed E-state index contributed by atoms with van der Waals surface area (Å²) in [5, 5.41) is 3.36. The van der Waals surface area contributed by atoms with Crippen molar-refractivity contribution in [2.45, 2.75) is 39.0 Å². The number of rotatable bonds is 9. The molecule has 0 saturated carbocycles. The second-order valence-electron chi connectivity index (χ2n) is 10.3. The third-order valence-corrected chi connectivity index (χ3v) is 7.18. The van der Waals surface area contributed by atoms with Crippen molar-refractivity contribution < 1.29 is 23.8 Å². The first-order valence-corrected chi connectivity index (χ1v) is 14.1. The summed E-state index contributed by atoms with van der Waals surface area (Å²) < 4.78 is 16.9. The van der Waals surface area contributed by atoms with E-state index < -0.39 is 12.1 Å². The predicted molar refractivity (Wildman–Crippen MR) is 164 cm³/mol. The first-order valence-electron chi connectivity index (χ1n) is 13.7. The molecule has 42 heavy (non-hydrogen) atoms. The first kappa shape index (κ1) is 30.7. The Hall–Kier alpha value is -4.24. The second-order valence-corrected chi connectivity index (χ2v) is 10.7. The van der Waals surface area contributed by atoms with Crippen LogP contribution in [0.2, 0.25) is 5.02 Å². The smallest absolute Gasteiger partial charge is 0.326 e. The SMILES string of the molecule is C=C(/C=C\C=C(/C)OC)[C@@H]1N=C(c2ccc(OC)cc2OC(C)C)N(C(=O)N2CCNC(=O)C2)[C@@H]1c1ccc(Cl)cc1. The summed E-state index contributed by atoms with van der Waals surface area (Å²) in [6, 6.07) is 11.3. The molecule has 2 aromatic rings. The van der Waals surface area contributed by atoms with Gasteiger partial charge in [-0.25, -0.2) is 4.79 Å². The molecule has 0 bridgehead atoms. The van der Waals surface area contributed by atoms with Crippen LogP contribution in [0.5, 0.6) is 11.5 Å². The number of ether oxygens (including phenoxy) is 3. The van der Waals surface area contributed by atoms with E-state index in [-0.39, 0.29) is 24.6 Å². The lowest BCUT2D eigenvalue weighted by atomic mass is 9.94. The van der Waals surface area contributed by atoms with Gasteiger partial charge < -0.3 is 24.4 Å².